The highest BCUT2D eigenvalue weighted by atomic mass is 32.1. The predicted molar refractivity (Wildman–Crippen MR) is 68.8 cm³/mol. The van der Waals surface area contributed by atoms with E-state index in [9.17, 15) is 4.39 Å². The number of thiazole rings is 1. The van der Waals surface area contributed by atoms with Gasteiger partial charge in [-0.1, -0.05) is 13.0 Å². The van der Waals surface area contributed by atoms with Gasteiger partial charge in [0.2, 0.25) is 0 Å². The minimum Gasteiger partial charge on any atom is -0.305 e. The summed E-state index contributed by atoms with van der Waals surface area (Å²) in [6.07, 6.45) is 1.78. The Morgan fingerprint density at radius 1 is 1.47 bits per heavy atom. The van der Waals surface area contributed by atoms with Gasteiger partial charge in [-0.2, -0.15) is 0 Å². The fraction of sp³-hybridized carbons (Fsp3) is 0.308. The molecule has 2 rings (SSSR count). The number of halogens is 1. The molecule has 0 bridgehead atoms. The highest BCUT2D eigenvalue weighted by Crippen LogP contribution is 2.26. The molecule has 0 radical (unpaired) electrons. The molecule has 1 N–H and O–H groups in total. The van der Waals surface area contributed by atoms with E-state index in [2.05, 4.69) is 10.3 Å². The van der Waals surface area contributed by atoms with Gasteiger partial charge in [0.15, 0.2) is 0 Å². The van der Waals surface area contributed by atoms with Gasteiger partial charge in [0.05, 0.1) is 6.04 Å². The first-order valence-corrected chi connectivity index (χ1v) is 6.49. The second-order valence-corrected chi connectivity index (χ2v) is 4.79. The van der Waals surface area contributed by atoms with Crippen LogP contribution in [-0.4, -0.2) is 11.5 Å². The maximum absolute atomic E-state index is 13.3. The lowest BCUT2D eigenvalue weighted by Gasteiger charge is -2.18. The molecule has 0 spiro atoms. The molecular weight excluding hydrogens is 235 g/mol. The van der Waals surface area contributed by atoms with Crippen LogP contribution < -0.4 is 5.32 Å². The van der Waals surface area contributed by atoms with Crippen molar-refractivity contribution in [1.82, 2.24) is 10.3 Å². The molecule has 1 aromatic carbocycles. The van der Waals surface area contributed by atoms with E-state index in [0.717, 1.165) is 22.7 Å². The van der Waals surface area contributed by atoms with Gasteiger partial charge in [-0.05, 0) is 36.7 Å². The molecule has 0 aliphatic heterocycles. The Bertz CT molecular complexity index is 482. The van der Waals surface area contributed by atoms with E-state index >= 15 is 0 Å². The Hall–Kier alpha value is -1.26. The van der Waals surface area contributed by atoms with Gasteiger partial charge in [-0.3, -0.25) is 0 Å². The predicted octanol–water partition coefficient (Wildman–Crippen LogP) is 3.29. The molecule has 90 valence electrons. The lowest BCUT2D eigenvalue weighted by atomic mass is 10.0. The second-order valence-electron chi connectivity index (χ2n) is 3.86. The first-order chi connectivity index (χ1) is 8.22. The van der Waals surface area contributed by atoms with Crippen LogP contribution in [0.4, 0.5) is 4.39 Å². The molecule has 1 heterocycles. The molecule has 0 fully saturated rings. The SMILES string of the molecule is CCNC(c1nccs1)c1cc(F)ccc1C. The monoisotopic (exact) mass is 250 g/mol. The highest BCUT2D eigenvalue weighted by Gasteiger charge is 2.17. The molecule has 17 heavy (non-hydrogen) atoms. The lowest BCUT2D eigenvalue weighted by molar-refractivity contribution is 0.599. The van der Waals surface area contributed by atoms with Crippen molar-refractivity contribution in [2.24, 2.45) is 0 Å². The van der Waals surface area contributed by atoms with Gasteiger partial charge in [-0.15, -0.1) is 11.3 Å². The number of nitrogens with zero attached hydrogens (tertiary/aromatic N) is 1. The van der Waals surface area contributed by atoms with Crippen molar-refractivity contribution in [3.8, 4) is 0 Å². The van der Waals surface area contributed by atoms with Crippen LogP contribution in [0.5, 0.6) is 0 Å². The zero-order valence-corrected chi connectivity index (χ0v) is 10.7. The molecule has 0 saturated carbocycles. The second kappa shape index (κ2) is 5.38. The highest BCUT2D eigenvalue weighted by molar-refractivity contribution is 7.09. The van der Waals surface area contributed by atoms with Crippen LogP contribution in [0.1, 0.15) is 29.1 Å². The van der Waals surface area contributed by atoms with E-state index in [1.807, 2.05) is 25.3 Å². The molecule has 1 unspecified atom stereocenters. The minimum atomic E-state index is -0.204. The van der Waals surface area contributed by atoms with E-state index in [-0.39, 0.29) is 11.9 Å². The van der Waals surface area contributed by atoms with Gasteiger partial charge >= 0.3 is 0 Å². The third-order valence-electron chi connectivity index (χ3n) is 2.66. The van der Waals surface area contributed by atoms with Crippen LogP contribution in [0.15, 0.2) is 29.8 Å². The summed E-state index contributed by atoms with van der Waals surface area (Å²) in [5, 5.41) is 6.26. The molecule has 0 aliphatic carbocycles. The van der Waals surface area contributed by atoms with E-state index in [4.69, 9.17) is 0 Å². The Morgan fingerprint density at radius 3 is 2.94 bits per heavy atom. The first-order valence-electron chi connectivity index (χ1n) is 5.61. The van der Waals surface area contributed by atoms with Crippen molar-refractivity contribution >= 4 is 11.3 Å². The van der Waals surface area contributed by atoms with Gasteiger partial charge < -0.3 is 5.32 Å². The van der Waals surface area contributed by atoms with Gasteiger partial charge in [-0.25, -0.2) is 9.37 Å². The molecule has 2 nitrogen and oxygen atoms in total. The smallest absolute Gasteiger partial charge is 0.123 e. The molecule has 4 heteroatoms. The largest absolute Gasteiger partial charge is 0.305 e. The summed E-state index contributed by atoms with van der Waals surface area (Å²) in [5.41, 5.74) is 2.04. The van der Waals surface area contributed by atoms with E-state index in [1.165, 1.54) is 6.07 Å². The van der Waals surface area contributed by atoms with Crippen LogP contribution in [0.2, 0.25) is 0 Å². The zero-order chi connectivity index (χ0) is 12.3. The standard InChI is InChI=1S/C13H15FN2S/c1-3-15-12(13-16-6-7-17-13)11-8-10(14)5-4-9(11)2/h4-8,12,15H,3H2,1-2H3. The summed E-state index contributed by atoms with van der Waals surface area (Å²) in [6.45, 7) is 4.85. The van der Waals surface area contributed by atoms with Crippen molar-refractivity contribution in [1.29, 1.82) is 0 Å². The molecule has 1 atom stereocenters. The van der Waals surface area contributed by atoms with Gasteiger partial charge in [0.1, 0.15) is 10.8 Å². The molecule has 0 aliphatic rings. The summed E-state index contributed by atoms with van der Waals surface area (Å²) in [4.78, 5) is 4.32. The molecule has 0 saturated heterocycles. The van der Waals surface area contributed by atoms with Crippen LogP contribution in [0.25, 0.3) is 0 Å². The van der Waals surface area contributed by atoms with E-state index in [1.54, 1.807) is 23.6 Å². The van der Waals surface area contributed by atoms with Crippen molar-refractivity contribution in [3.63, 3.8) is 0 Å². The normalized spacial score (nSPS) is 12.6. The van der Waals surface area contributed by atoms with Crippen molar-refractivity contribution < 1.29 is 4.39 Å². The number of rotatable bonds is 4. The van der Waals surface area contributed by atoms with Crippen molar-refractivity contribution in [3.05, 3.63) is 51.7 Å². The summed E-state index contributed by atoms with van der Waals surface area (Å²) >= 11 is 1.58. The van der Waals surface area contributed by atoms with Crippen molar-refractivity contribution in [2.75, 3.05) is 6.54 Å². The fourth-order valence-corrected chi connectivity index (χ4v) is 2.56. The average molecular weight is 250 g/mol. The first kappa shape index (κ1) is 12.2. The van der Waals surface area contributed by atoms with Crippen LogP contribution in [-0.2, 0) is 0 Å². The Labute approximate surface area is 105 Å². The summed E-state index contributed by atoms with van der Waals surface area (Å²) in [7, 11) is 0. The third kappa shape index (κ3) is 2.70. The number of hydrogen-bond acceptors (Lipinski definition) is 3. The lowest BCUT2D eigenvalue weighted by Crippen LogP contribution is -2.22. The van der Waals surface area contributed by atoms with Crippen LogP contribution in [0.3, 0.4) is 0 Å². The van der Waals surface area contributed by atoms with Crippen LogP contribution in [0, 0.1) is 12.7 Å². The molecular formula is C13H15FN2S. The summed E-state index contributed by atoms with van der Waals surface area (Å²) in [5.74, 6) is -0.204. The molecule has 0 amide bonds. The van der Waals surface area contributed by atoms with Crippen LogP contribution >= 0.6 is 11.3 Å². The number of aromatic nitrogens is 1. The Morgan fingerprint density at radius 2 is 2.29 bits per heavy atom. The molecule has 2 aromatic rings. The number of nitrogens with one attached hydrogen (secondary N) is 1. The Balaban J connectivity index is 2.42. The molecule has 1 aromatic heterocycles. The number of aryl methyl sites for hydroxylation is 1. The topological polar surface area (TPSA) is 24.9 Å². The minimum absolute atomic E-state index is 0.0179. The average Bonchev–Trinajstić information content (AvgIpc) is 2.83. The number of benzene rings is 1. The quantitative estimate of drug-likeness (QED) is 0.900. The van der Waals surface area contributed by atoms with E-state index in [0.29, 0.717) is 0 Å². The Kier molecular flexibility index (Phi) is 3.86. The summed E-state index contributed by atoms with van der Waals surface area (Å²) < 4.78 is 13.3. The van der Waals surface area contributed by atoms with Crippen molar-refractivity contribution in [2.45, 2.75) is 19.9 Å². The number of hydrogen-bond donors (Lipinski definition) is 1. The maximum atomic E-state index is 13.3. The van der Waals surface area contributed by atoms with Gasteiger partial charge in [0.25, 0.3) is 0 Å². The van der Waals surface area contributed by atoms with E-state index < -0.39 is 0 Å². The zero-order valence-electron chi connectivity index (χ0n) is 9.90. The third-order valence-corrected chi connectivity index (χ3v) is 3.50. The maximum Gasteiger partial charge on any atom is 0.123 e. The fourth-order valence-electron chi connectivity index (χ4n) is 1.83. The summed E-state index contributed by atoms with van der Waals surface area (Å²) in [6, 6.07) is 4.87. The van der Waals surface area contributed by atoms with Gasteiger partial charge in [0, 0.05) is 11.6 Å².